The highest BCUT2D eigenvalue weighted by atomic mass is 16.5. The minimum Gasteiger partial charge on any atom is -0.383 e. The summed E-state index contributed by atoms with van der Waals surface area (Å²) in [6.45, 7) is 6.03. The van der Waals surface area contributed by atoms with Crippen LogP contribution >= 0.6 is 0 Å². The Hall–Kier alpha value is -0.860. The first-order chi connectivity index (χ1) is 7.27. The Labute approximate surface area is 92.6 Å². The monoisotopic (exact) mass is 207 g/mol. The van der Waals surface area contributed by atoms with Crippen molar-refractivity contribution in [3.05, 3.63) is 35.4 Å². The molecule has 15 heavy (non-hydrogen) atoms. The number of rotatable bonds is 6. The summed E-state index contributed by atoms with van der Waals surface area (Å²) in [4.78, 5) is 0. The molecule has 0 fully saturated rings. The van der Waals surface area contributed by atoms with E-state index in [4.69, 9.17) is 4.74 Å². The quantitative estimate of drug-likeness (QED) is 0.774. The first-order valence-electron chi connectivity index (χ1n) is 5.54. The molecule has 2 nitrogen and oxygen atoms in total. The molecule has 0 radical (unpaired) electrons. The average Bonchev–Trinajstić information content (AvgIpc) is 2.26. The number of aryl methyl sites for hydroxylation is 1. The zero-order valence-corrected chi connectivity index (χ0v) is 9.92. The minimum absolute atomic E-state index is 0.453. The molecule has 0 unspecified atom stereocenters. The van der Waals surface area contributed by atoms with Crippen LogP contribution < -0.4 is 5.32 Å². The van der Waals surface area contributed by atoms with Gasteiger partial charge in [-0.1, -0.05) is 31.2 Å². The molecule has 0 amide bonds. The molecule has 1 aromatic rings. The van der Waals surface area contributed by atoms with Crippen molar-refractivity contribution in [1.29, 1.82) is 0 Å². The van der Waals surface area contributed by atoms with Crippen LogP contribution in [0.4, 0.5) is 0 Å². The lowest BCUT2D eigenvalue weighted by Gasteiger charge is -2.16. The highest BCUT2D eigenvalue weighted by Crippen LogP contribution is 2.07. The molecule has 1 N–H and O–H groups in total. The zero-order chi connectivity index (χ0) is 11.1. The number of methoxy groups -OCH3 is 1. The minimum atomic E-state index is 0.453. The van der Waals surface area contributed by atoms with Gasteiger partial charge in [-0.05, 0) is 24.5 Å². The van der Waals surface area contributed by atoms with E-state index in [0.29, 0.717) is 6.04 Å². The van der Waals surface area contributed by atoms with Crippen LogP contribution in [-0.4, -0.2) is 19.8 Å². The number of hydrogen-bond acceptors (Lipinski definition) is 2. The Balaban J connectivity index is 2.45. The van der Waals surface area contributed by atoms with Gasteiger partial charge in [-0.15, -0.1) is 0 Å². The molecule has 0 saturated carbocycles. The molecule has 84 valence electrons. The van der Waals surface area contributed by atoms with E-state index < -0.39 is 0 Å². The summed E-state index contributed by atoms with van der Waals surface area (Å²) >= 11 is 0. The summed E-state index contributed by atoms with van der Waals surface area (Å²) in [6.07, 6.45) is 1.10. The van der Waals surface area contributed by atoms with E-state index in [1.807, 2.05) is 0 Å². The Morgan fingerprint density at radius 3 is 2.67 bits per heavy atom. The van der Waals surface area contributed by atoms with Gasteiger partial charge in [-0.2, -0.15) is 0 Å². The molecule has 1 aromatic carbocycles. The van der Waals surface area contributed by atoms with Crippen LogP contribution in [0.3, 0.4) is 0 Å². The summed E-state index contributed by atoms with van der Waals surface area (Å²) in [5.41, 5.74) is 2.71. The van der Waals surface area contributed by atoms with Gasteiger partial charge in [0.15, 0.2) is 0 Å². The van der Waals surface area contributed by atoms with E-state index in [1.54, 1.807) is 7.11 Å². The van der Waals surface area contributed by atoms with Crippen molar-refractivity contribution in [1.82, 2.24) is 5.32 Å². The topological polar surface area (TPSA) is 21.3 Å². The zero-order valence-electron chi connectivity index (χ0n) is 9.92. The largest absolute Gasteiger partial charge is 0.383 e. The molecule has 0 aliphatic rings. The van der Waals surface area contributed by atoms with Gasteiger partial charge in [0.2, 0.25) is 0 Å². The third-order valence-corrected chi connectivity index (χ3v) is 2.70. The lowest BCUT2D eigenvalue weighted by atomic mass is 10.1. The SMILES string of the molecule is CC[C@@H](COC)NCc1ccccc1C. The predicted octanol–water partition coefficient (Wildman–Crippen LogP) is 2.51. The normalized spacial score (nSPS) is 12.7. The molecule has 0 aliphatic carbocycles. The number of ether oxygens (including phenoxy) is 1. The van der Waals surface area contributed by atoms with Crippen molar-refractivity contribution in [2.75, 3.05) is 13.7 Å². The van der Waals surface area contributed by atoms with E-state index in [9.17, 15) is 0 Å². The van der Waals surface area contributed by atoms with Crippen molar-refractivity contribution >= 4 is 0 Å². The summed E-state index contributed by atoms with van der Waals surface area (Å²) in [5, 5.41) is 3.50. The fraction of sp³-hybridized carbons (Fsp3) is 0.538. The van der Waals surface area contributed by atoms with Crippen LogP contribution in [0.2, 0.25) is 0 Å². The van der Waals surface area contributed by atoms with E-state index >= 15 is 0 Å². The molecular weight excluding hydrogens is 186 g/mol. The number of nitrogens with one attached hydrogen (secondary N) is 1. The highest BCUT2D eigenvalue weighted by Gasteiger charge is 2.05. The second-order valence-corrected chi connectivity index (χ2v) is 3.87. The Morgan fingerprint density at radius 1 is 1.33 bits per heavy atom. The third-order valence-electron chi connectivity index (χ3n) is 2.70. The van der Waals surface area contributed by atoms with Gasteiger partial charge in [-0.25, -0.2) is 0 Å². The molecule has 1 rings (SSSR count). The van der Waals surface area contributed by atoms with Crippen LogP contribution in [0.15, 0.2) is 24.3 Å². The second-order valence-electron chi connectivity index (χ2n) is 3.87. The van der Waals surface area contributed by atoms with Crippen LogP contribution in [0.25, 0.3) is 0 Å². The van der Waals surface area contributed by atoms with Crippen molar-refractivity contribution in [3.63, 3.8) is 0 Å². The fourth-order valence-electron chi connectivity index (χ4n) is 1.59. The second kappa shape index (κ2) is 6.59. The predicted molar refractivity (Wildman–Crippen MR) is 64.0 cm³/mol. The summed E-state index contributed by atoms with van der Waals surface area (Å²) in [7, 11) is 1.75. The van der Waals surface area contributed by atoms with Crippen molar-refractivity contribution in [3.8, 4) is 0 Å². The lowest BCUT2D eigenvalue weighted by molar-refractivity contribution is 0.164. The van der Waals surface area contributed by atoms with E-state index in [1.165, 1.54) is 11.1 Å². The van der Waals surface area contributed by atoms with Crippen LogP contribution in [0.1, 0.15) is 24.5 Å². The Morgan fingerprint density at radius 2 is 2.07 bits per heavy atom. The van der Waals surface area contributed by atoms with Crippen molar-refractivity contribution < 1.29 is 4.74 Å². The van der Waals surface area contributed by atoms with Gasteiger partial charge in [0.25, 0.3) is 0 Å². The first-order valence-corrected chi connectivity index (χ1v) is 5.54. The molecule has 0 aromatic heterocycles. The van der Waals surface area contributed by atoms with Crippen molar-refractivity contribution in [2.45, 2.75) is 32.9 Å². The average molecular weight is 207 g/mol. The highest BCUT2D eigenvalue weighted by molar-refractivity contribution is 5.25. The molecular formula is C13H21NO. The third kappa shape index (κ3) is 4.02. The van der Waals surface area contributed by atoms with Crippen LogP contribution in [-0.2, 0) is 11.3 Å². The molecule has 0 spiro atoms. The van der Waals surface area contributed by atoms with E-state index in [-0.39, 0.29) is 0 Å². The maximum Gasteiger partial charge on any atom is 0.0615 e. The Kier molecular flexibility index (Phi) is 5.37. The maximum atomic E-state index is 5.15. The lowest BCUT2D eigenvalue weighted by Crippen LogP contribution is -2.32. The number of benzene rings is 1. The van der Waals surface area contributed by atoms with Gasteiger partial charge in [0, 0.05) is 19.7 Å². The fourth-order valence-corrected chi connectivity index (χ4v) is 1.59. The van der Waals surface area contributed by atoms with Gasteiger partial charge in [-0.3, -0.25) is 0 Å². The summed E-state index contributed by atoms with van der Waals surface area (Å²) < 4.78 is 5.15. The van der Waals surface area contributed by atoms with Gasteiger partial charge >= 0.3 is 0 Å². The van der Waals surface area contributed by atoms with Gasteiger partial charge in [0.1, 0.15) is 0 Å². The molecule has 0 saturated heterocycles. The molecule has 0 bridgehead atoms. The summed E-state index contributed by atoms with van der Waals surface area (Å²) in [5.74, 6) is 0. The first kappa shape index (κ1) is 12.2. The van der Waals surface area contributed by atoms with Crippen molar-refractivity contribution in [2.24, 2.45) is 0 Å². The molecule has 2 heteroatoms. The summed E-state index contributed by atoms with van der Waals surface area (Å²) in [6, 6.07) is 8.93. The number of hydrogen-bond donors (Lipinski definition) is 1. The van der Waals surface area contributed by atoms with Crippen LogP contribution in [0, 0.1) is 6.92 Å². The van der Waals surface area contributed by atoms with Gasteiger partial charge < -0.3 is 10.1 Å². The Bertz CT molecular complexity index is 286. The molecule has 0 aliphatic heterocycles. The smallest absolute Gasteiger partial charge is 0.0615 e. The molecule has 0 heterocycles. The standard InChI is InChI=1S/C13H21NO/c1-4-13(10-15-3)14-9-12-8-6-5-7-11(12)2/h5-8,13-14H,4,9-10H2,1-3H3/t13-/m0/s1. The molecule has 1 atom stereocenters. The van der Waals surface area contributed by atoms with Gasteiger partial charge in [0.05, 0.1) is 6.61 Å². The van der Waals surface area contributed by atoms with Crippen LogP contribution in [0.5, 0.6) is 0 Å². The van der Waals surface area contributed by atoms with E-state index in [0.717, 1.165) is 19.6 Å². The van der Waals surface area contributed by atoms with E-state index in [2.05, 4.69) is 43.4 Å². The maximum absolute atomic E-state index is 5.15.